The Morgan fingerprint density at radius 1 is 1.00 bits per heavy atom. The van der Waals surface area contributed by atoms with Crippen LogP contribution in [0.3, 0.4) is 0 Å². The highest BCUT2D eigenvalue weighted by Crippen LogP contribution is 2.22. The molecule has 0 aliphatic rings. The zero-order chi connectivity index (χ0) is 15.6. The highest BCUT2D eigenvalue weighted by atomic mass is 19.2. The molecule has 1 aromatic heterocycles. The molecule has 0 saturated carbocycles. The summed E-state index contributed by atoms with van der Waals surface area (Å²) in [4.78, 5) is 2.46. The molecule has 0 unspecified atom stereocenters. The SMILES string of the molecule is C/C(=N/Nc1c(F)c(F)nc(F)c1F)c1ccc(C)cc1. The van der Waals surface area contributed by atoms with Crippen LogP contribution in [0.25, 0.3) is 0 Å². The van der Waals surface area contributed by atoms with Crippen LogP contribution < -0.4 is 5.43 Å². The van der Waals surface area contributed by atoms with Gasteiger partial charge in [0, 0.05) is 0 Å². The molecule has 110 valence electrons. The fourth-order valence-electron chi connectivity index (χ4n) is 1.58. The first-order chi connectivity index (χ1) is 9.90. The van der Waals surface area contributed by atoms with E-state index in [1.54, 1.807) is 19.1 Å². The van der Waals surface area contributed by atoms with Crippen LogP contribution in [0.1, 0.15) is 18.1 Å². The van der Waals surface area contributed by atoms with E-state index in [0.29, 0.717) is 11.3 Å². The summed E-state index contributed by atoms with van der Waals surface area (Å²) in [6, 6.07) is 7.19. The van der Waals surface area contributed by atoms with Gasteiger partial charge in [-0.25, -0.2) is 0 Å². The topological polar surface area (TPSA) is 37.3 Å². The molecule has 7 heteroatoms. The molecular formula is C14H11F4N3. The minimum absolute atomic E-state index is 0.395. The molecule has 0 bridgehead atoms. The van der Waals surface area contributed by atoms with Gasteiger partial charge >= 0.3 is 0 Å². The standard InChI is InChI=1S/C14H11F4N3/c1-7-3-5-9(6-4-7)8(2)20-21-12-10(15)13(17)19-14(18)11(12)16/h3-6H,1-2H3,(H,19,21)/b20-8-. The Kier molecular flexibility index (Phi) is 4.21. The van der Waals surface area contributed by atoms with Crippen molar-refractivity contribution in [1.29, 1.82) is 0 Å². The second-order valence-corrected chi connectivity index (χ2v) is 4.37. The van der Waals surface area contributed by atoms with Crippen LogP contribution in [-0.2, 0) is 0 Å². The van der Waals surface area contributed by atoms with E-state index in [1.165, 1.54) is 0 Å². The quantitative estimate of drug-likeness (QED) is 0.405. The lowest BCUT2D eigenvalue weighted by Crippen LogP contribution is -2.07. The van der Waals surface area contributed by atoms with Crippen LogP contribution in [0.4, 0.5) is 23.2 Å². The minimum Gasteiger partial charge on any atom is -0.272 e. The molecule has 0 atom stereocenters. The Balaban J connectivity index is 2.31. The van der Waals surface area contributed by atoms with E-state index in [2.05, 4.69) is 10.1 Å². The molecular weight excluding hydrogens is 286 g/mol. The zero-order valence-corrected chi connectivity index (χ0v) is 11.2. The molecule has 0 radical (unpaired) electrons. The van der Waals surface area contributed by atoms with Crippen molar-refractivity contribution in [2.24, 2.45) is 5.10 Å². The molecule has 0 amide bonds. The zero-order valence-electron chi connectivity index (χ0n) is 11.2. The van der Waals surface area contributed by atoms with Crippen LogP contribution in [0, 0.1) is 30.5 Å². The van der Waals surface area contributed by atoms with Gasteiger partial charge < -0.3 is 0 Å². The summed E-state index contributed by atoms with van der Waals surface area (Å²) < 4.78 is 52.6. The van der Waals surface area contributed by atoms with Crippen LogP contribution in [0.15, 0.2) is 29.4 Å². The molecule has 0 spiro atoms. The normalized spacial score (nSPS) is 11.6. The number of hydrogen-bond acceptors (Lipinski definition) is 3. The molecule has 2 rings (SSSR count). The maximum absolute atomic E-state index is 13.4. The van der Waals surface area contributed by atoms with E-state index in [1.807, 2.05) is 24.5 Å². The highest BCUT2D eigenvalue weighted by Gasteiger charge is 2.20. The maximum Gasteiger partial charge on any atom is 0.254 e. The number of nitrogens with one attached hydrogen (secondary N) is 1. The smallest absolute Gasteiger partial charge is 0.254 e. The number of aromatic nitrogens is 1. The Hall–Kier alpha value is -2.44. The van der Waals surface area contributed by atoms with Gasteiger partial charge in [-0.15, -0.1) is 0 Å². The molecule has 1 aromatic carbocycles. The third-order valence-electron chi connectivity index (χ3n) is 2.80. The van der Waals surface area contributed by atoms with Crippen LogP contribution in [0.5, 0.6) is 0 Å². The molecule has 0 fully saturated rings. The monoisotopic (exact) mass is 297 g/mol. The van der Waals surface area contributed by atoms with Gasteiger partial charge in [0.05, 0.1) is 5.71 Å². The Morgan fingerprint density at radius 3 is 2.05 bits per heavy atom. The predicted octanol–water partition coefficient (Wildman–Crippen LogP) is 3.78. The lowest BCUT2D eigenvalue weighted by atomic mass is 10.1. The van der Waals surface area contributed by atoms with Crippen molar-refractivity contribution in [2.45, 2.75) is 13.8 Å². The van der Waals surface area contributed by atoms with Crippen molar-refractivity contribution in [1.82, 2.24) is 4.98 Å². The minimum atomic E-state index is -1.74. The Morgan fingerprint density at radius 2 is 1.52 bits per heavy atom. The van der Waals surface area contributed by atoms with E-state index in [0.717, 1.165) is 5.56 Å². The van der Waals surface area contributed by atoms with Crippen molar-refractivity contribution in [3.63, 3.8) is 0 Å². The first-order valence-electron chi connectivity index (χ1n) is 5.97. The second-order valence-electron chi connectivity index (χ2n) is 4.37. The molecule has 2 aromatic rings. The predicted molar refractivity (Wildman–Crippen MR) is 71.1 cm³/mol. The number of rotatable bonds is 3. The van der Waals surface area contributed by atoms with Gasteiger partial charge in [0.15, 0.2) is 0 Å². The first kappa shape index (κ1) is 15.0. The molecule has 0 aliphatic heterocycles. The summed E-state index contributed by atoms with van der Waals surface area (Å²) in [5.41, 5.74) is 3.10. The second kappa shape index (κ2) is 5.90. The lowest BCUT2D eigenvalue weighted by Gasteiger charge is -2.07. The maximum atomic E-state index is 13.4. The van der Waals surface area contributed by atoms with E-state index >= 15 is 0 Å². The largest absolute Gasteiger partial charge is 0.272 e. The summed E-state index contributed by atoms with van der Waals surface area (Å²) in [7, 11) is 0. The number of hydrogen-bond donors (Lipinski definition) is 1. The summed E-state index contributed by atoms with van der Waals surface area (Å²) in [6.07, 6.45) is 0. The Labute approximate surface area is 118 Å². The van der Waals surface area contributed by atoms with Gasteiger partial charge in [-0.1, -0.05) is 29.8 Å². The molecule has 0 saturated heterocycles. The molecule has 0 aliphatic carbocycles. The third-order valence-corrected chi connectivity index (χ3v) is 2.80. The van der Waals surface area contributed by atoms with E-state index in [-0.39, 0.29) is 0 Å². The third kappa shape index (κ3) is 3.18. The van der Waals surface area contributed by atoms with Crippen molar-refractivity contribution in [3.8, 4) is 0 Å². The van der Waals surface area contributed by atoms with Gasteiger partial charge in [-0.2, -0.15) is 27.6 Å². The van der Waals surface area contributed by atoms with Gasteiger partial charge in [0.1, 0.15) is 5.69 Å². The molecule has 1 heterocycles. The van der Waals surface area contributed by atoms with Gasteiger partial charge in [0.25, 0.3) is 11.9 Å². The highest BCUT2D eigenvalue weighted by molar-refractivity contribution is 5.99. The lowest BCUT2D eigenvalue weighted by molar-refractivity contribution is 0.411. The van der Waals surface area contributed by atoms with Crippen molar-refractivity contribution >= 4 is 11.4 Å². The number of pyridine rings is 1. The van der Waals surface area contributed by atoms with Crippen molar-refractivity contribution in [3.05, 3.63) is 58.9 Å². The average molecular weight is 297 g/mol. The van der Waals surface area contributed by atoms with Crippen molar-refractivity contribution in [2.75, 3.05) is 5.43 Å². The summed E-state index contributed by atoms with van der Waals surface area (Å²) in [6.45, 7) is 3.49. The van der Waals surface area contributed by atoms with Crippen LogP contribution in [-0.4, -0.2) is 10.7 Å². The van der Waals surface area contributed by atoms with E-state index in [9.17, 15) is 17.6 Å². The van der Waals surface area contributed by atoms with Crippen LogP contribution >= 0.6 is 0 Å². The van der Waals surface area contributed by atoms with Crippen molar-refractivity contribution < 1.29 is 17.6 Å². The van der Waals surface area contributed by atoms with E-state index in [4.69, 9.17) is 0 Å². The number of anilines is 1. The van der Waals surface area contributed by atoms with E-state index < -0.39 is 29.2 Å². The Bertz CT molecular complexity index is 670. The number of benzene rings is 1. The molecule has 1 N–H and O–H groups in total. The number of aryl methyl sites for hydroxylation is 1. The fraction of sp³-hybridized carbons (Fsp3) is 0.143. The summed E-state index contributed by atoms with van der Waals surface area (Å²) >= 11 is 0. The van der Waals surface area contributed by atoms with Gasteiger partial charge in [-0.3, -0.25) is 5.43 Å². The number of nitrogens with zero attached hydrogens (tertiary/aromatic N) is 2. The summed E-state index contributed by atoms with van der Waals surface area (Å²) in [5, 5.41) is 3.72. The first-order valence-corrected chi connectivity index (χ1v) is 5.97. The van der Waals surface area contributed by atoms with Gasteiger partial charge in [0.2, 0.25) is 11.6 Å². The van der Waals surface area contributed by atoms with Gasteiger partial charge in [-0.05, 0) is 19.4 Å². The fourth-order valence-corrected chi connectivity index (χ4v) is 1.58. The average Bonchev–Trinajstić information content (AvgIpc) is 2.45. The molecule has 21 heavy (non-hydrogen) atoms. The number of hydrazone groups is 1. The summed E-state index contributed by atoms with van der Waals surface area (Å²) in [5.74, 6) is -6.73. The number of halogens is 4. The van der Waals surface area contributed by atoms with Crippen LogP contribution in [0.2, 0.25) is 0 Å². The molecule has 3 nitrogen and oxygen atoms in total.